The van der Waals surface area contributed by atoms with E-state index in [2.05, 4.69) is 15.3 Å². The van der Waals surface area contributed by atoms with Gasteiger partial charge in [-0.25, -0.2) is 4.98 Å². The number of nitrogens with one attached hydrogen (secondary N) is 2. The molecule has 0 spiro atoms. The Labute approximate surface area is 122 Å². The standard InChI is InChI=1S/C14H20N4O3/c1-14(20,3-4-21-2)7-16-12-6-11-9(5-10(12)15)13(19)18-8-17-11/h5-6,8,16,20H,3-4,7,15H2,1-2H3,(H,17,18,19). The van der Waals surface area contributed by atoms with Crippen LogP contribution >= 0.6 is 0 Å². The van der Waals surface area contributed by atoms with Gasteiger partial charge in [0.2, 0.25) is 0 Å². The Bertz CT molecular complexity index is 681. The van der Waals surface area contributed by atoms with Gasteiger partial charge in [0.05, 0.1) is 34.2 Å². The van der Waals surface area contributed by atoms with Gasteiger partial charge in [-0.1, -0.05) is 0 Å². The number of ether oxygens (including phenoxy) is 1. The van der Waals surface area contributed by atoms with E-state index in [1.165, 1.54) is 6.33 Å². The lowest BCUT2D eigenvalue weighted by Crippen LogP contribution is -2.34. The summed E-state index contributed by atoms with van der Waals surface area (Å²) in [5.74, 6) is 0. The van der Waals surface area contributed by atoms with Crippen molar-refractivity contribution in [1.82, 2.24) is 9.97 Å². The summed E-state index contributed by atoms with van der Waals surface area (Å²) in [4.78, 5) is 18.3. The summed E-state index contributed by atoms with van der Waals surface area (Å²) in [6.07, 6.45) is 1.85. The maximum atomic E-state index is 11.7. The molecule has 114 valence electrons. The van der Waals surface area contributed by atoms with Crippen LogP contribution in [0.2, 0.25) is 0 Å². The van der Waals surface area contributed by atoms with Gasteiger partial charge < -0.3 is 25.9 Å². The third-order valence-electron chi connectivity index (χ3n) is 3.32. The molecule has 5 N–H and O–H groups in total. The van der Waals surface area contributed by atoms with E-state index in [4.69, 9.17) is 10.5 Å². The fraction of sp³-hybridized carbons (Fsp3) is 0.429. The number of benzene rings is 1. The van der Waals surface area contributed by atoms with Crippen molar-refractivity contribution >= 4 is 22.3 Å². The van der Waals surface area contributed by atoms with Crippen LogP contribution < -0.4 is 16.6 Å². The molecule has 0 bridgehead atoms. The van der Waals surface area contributed by atoms with Gasteiger partial charge in [0.25, 0.3) is 5.56 Å². The Kier molecular flexibility index (Phi) is 4.44. The van der Waals surface area contributed by atoms with Crippen LogP contribution in [0.5, 0.6) is 0 Å². The Hall–Kier alpha value is -2.12. The molecule has 7 nitrogen and oxygen atoms in total. The third kappa shape index (κ3) is 3.71. The molecule has 0 saturated heterocycles. The van der Waals surface area contributed by atoms with E-state index < -0.39 is 5.60 Å². The second kappa shape index (κ2) is 6.11. The molecular weight excluding hydrogens is 272 g/mol. The van der Waals surface area contributed by atoms with Gasteiger partial charge >= 0.3 is 0 Å². The van der Waals surface area contributed by atoms with Crippen LogP contribution in [0.25, 0.3) is 10.9 Å². The minimum absolute atomic E-state index is 0.231. The highest BCUT2D eigenvalue weighted by Crippen LogP contribution is 2.24. The fourth-order valence-electron chi connectivity index (χ4n) is 1.98. The Balaban J connectivity index is 2.19. The molecule has 0 fully saturated rings. The van der Waals surface area contributed by atoms with Crippen molar-refractivity contribution in [3.05, 3.63) is 28.8 Å². The molecule has 0 aliphatic rings. The van der Waals surface area contributed by atoms with Crippen LogP contribution in [0.3, 0.4) is 0 Å². The molecule has 0 amide bonds. The fourth-order valence-corrected chi connectivity index (χ4v) is 1.98. The zero-order valence-electron chi connectivity index (χ0n) is 12.1. The van der Waals surface area contributed by atoms with Crippen LogP contribution in [0.15, 0.2) is 23.3 Å². The van der Waals surface area contributed by atoms with Gasteiger partial charge in [-0.2, -0.15) is 0 Å². The molecule has 1 atom stereocenters. The van der Waals surface area contributed by atoms with E-state index >= 15 is 0 Å². The second-order valence-corrected chi connectivity index (χ2v) is 5.28. The molecule has 7 heteroatoms. The van der Waals surface area contributed by atoms with Gasteiger partial charge in [0.15, 0.2) is 0 Å². The number of methoxy groups -OCH3 is 1. The normalized spacial score (nSPS) is 14.0. The van der Waals surface area contributed by atoms with Gasteiger partial charge in [0.1, 0.15) is 0 Å². The lowest BCUT2D eigenvalue weighted by atomic mass is 10.0. The highest BCUT2D eigenvalue weighted by Gasteiger charge is 2.20. The average Bonchev–Trinajstić information content (AvgIpc) is 2.44. The third-order valence-corrected chi connectivity index (χ3v) is 3.32. The number of hydrogen-bond acceptors (Lipinski definition) is 6. The van der Waals surface area contributed by atoms with Gasteiger partial charge in [-0.15, -0.1) is 0 Å². The van der Waals surface area contributed by atoms with Crippen molar-refractivity contribution in [1.29, 1.82) is 0 Å². The van der Waals surface area contributed by atoms with E-state index in [0.717, 1.165) is 0 Å². The first-order valence-corrected chi connectivity index (χ1v) is 6.65. The molecule has 2 rings (SSSR count). The van der Waals surface area contributed by atoms with E-state index in [1.54, 1.807) is 26.2 Å². The van der Waals surface area contributed by atoms with Gasteiger partial charge in [-0.05, 0) is 19.1 Å². The molecule has 2 aromatic rings. The number of anilines is 2. The van der Waals surface area contributed by atoms with Crippen molar-refractivity contribution < 1.29 is 9.84 Å². The smallest absolute Gasteiger partial charge is 0.258 e. The lowest BCUT2D eigenvalue weighted by Gasteiger charge is -2.24. The summed E-state index contributed by atoms with van der Waals surface area (Å²) < 4.78 is 4.96. The van der Waals surface area contributed by atoms with Gasteiger partial charge in [0, 0.05) is 26.7 Å². The van der Waals surface area contributed by atoms with Crippen LogP contribution in [-0.4, -0.2) is 40.9 Å². The van der Waals surface area contributed by atoms with E-state index in [1.807, 2.05) is 0 Å². The van der Waals surface area contributed by atoms with Crippen molar-refractivity contribution in [3.8, 4) is 0 Å². The largest absolute Gasteiger partial charge is 0.397 e. The quantitative estimate of drug-likeness (QED) is 0.583. The number of hydrogen-bond donors (Lipinski definition) is 4. The number of nitrogen functional groups attached to an aromatic ring is 1. The number of aromatic amines is 1. The SMILES string of the molecule is COCCC(C)(O)CNc1cc2nc[nH]c(=O)c2cc1N. The summed E-state index contributed by atoms with van der Waals surface area (Å²) in [7, 11) is 1.59. The molecule has 0 aliphatic carbocycles. The van der Waals surface area contributed by atoms with Crippen LogP contribution in [0, 0.1) is 0 Å². The molecular formula is C14H20N4O3. The first-order chi connectivity index (χ1) is 9.93. The first kappa shape index (κ1) is 15.3. The summed E-state index contributed by atoms with van der Waals surface area (Å²) in [6, 6.07) is 3.28. The molecule has 1 aromatic carbocycles. The maximum absolute atomic E-state index is 11.7. The van der Waals surface area contributed by atoms with Gasteiger partial charge in [-0.3, -0.25) is 4.79 Å². The molecule has 0 radical (unpaired) electrons. The zero-order valence-corrected chi connectivity index (χ0v) is 12.1. The highest BCUT2D eigenvalue weighted by molar-refractivity contribution is 5.88. The second-order valence-electron chi connectivity index (χ2n) is 5.28. The number of fused-ring (bicyclic) bond motifs is 1. The molecule has 1 aromatic heterocycles. The van der Waals surface area contributed by atoms with E-state index in [0.29, 0.717) is 41.9 Å². The topological polar surface area (TPSA) is 113 Å². The first-order valence-electron chi connectivity index (χ1n) is 6.65. The predicted octanol–water partition coefficient (Wildman–Crippen LogP) is 0.705. The molecule has 1 heterocycles. The number of aromatic nitrogens is 2. The minimum Gasteiger partial charge on any atom is -0.397 e. The zero-order chi connectivity index (χ0) is 15.5. The average molecular weight is 292 g/mol. The van der Waals surface area contributed by atoms with E-state index in [9.17, 15) is 9.90 Å². The summed E-state index contributed by atoms with van der Waals surface area (Å²) >= 11 is 0. The molecule has 0 aliphatic heterocycles. The Morgan fingerprint density at radius 2 is 2.29 bits per heavy atom. The monoisotopic (exact) mass is 292 g/mol. The van der Waals surface area contributed by atoms with Crippen LogP contribution in [0.4, 0.5) is 11.4 Å². The van der Waals surface area contributed by atoms with E-state index in [-0.39, 0.29) is 5.56 Å². The number of H-pyrrole nitrogens is 1. The van der Waals surface area contributed by atoms with Crippen LogP contribution in [0.1, 0.15) is 13.3 Å². The number of nitrogens with zero attached hydrogens (tertiary/aromatic N) is 1. The molecule has 1 unspecified atom stereocenters. The predicted molar refractivity (Wildman–Crippen MR) is 82.4 cm³/mol. The lowest BCUT2D eigenvalue weighted by molar-refractivity contribution is 0.0358. The van der Waals surface area contributed by atoms with Crippen LogP contribution in [-0.2, 0) is 4.74 Å². The summed E-state index contributed by atoms with van der Waals surface area (Å²) in [5.41, 5.74) is 6.41. The highest BCUT2D eigenvalue weighted by atomic mass is 16.5. The number of aliphatic hydroxyl groups is 1. The Morgan fingerprint density at radius 3 is 3.00 bits per heavy atom. The number of nitrogens with two attached hydrogens (primary N) is 1. The maximum Gasteiger partial charge on any atom is 0.258 e. The summed E-state index contributed by atoms with van der Waals surface area (Å²) in [6.45, 7) is 2.51. The van der Waals surface area contributed by atoms with Crippen molar-refractivity contribution in [2.75, 3.05) is 31.3 Å². The van der Waals surface area contributed by atoms with Crippen molar-refractivity contribution in [2.45, 2.75) is 18.9 Å². The summed E-state index contributed by atoms with van der Waals surface area (Å²) in [5, 5.41) is 13.7. The Morgan fingerprint density at radius 1 is 1.52 bits per heavy atom. The number of rotatable bonds is 6. The van der Waals surface area contributed by atoms with Crippen molar-refractivity contribution in [2.24, 2.45) is 0 Å². The van der Waals surface area contributed by atoms with Crippen molar-refractivity contribution in [3.63, 3.8) is 0 Å². The minimum atomic E-state index is -0.918. The molecule has 21 heavy (non-hydrogen) atoms. The molecule has 0 saturated carbocycles.